The second kappa shape index (κ2) is 15.6. The Balaban J connectivity index is 1.60. The average Bonchev–Trinajstić information content (AvgIpc) is 2.95. The minimum Gasteiger partial charge on any atom is -0.394 e. The molecule has 0 amide bonds. The molecule has 0 aromatic heterocycles. The van der Waals surface area contributed by atoms with E-state index in [-0.39, 0.29) is 25.3 Å². The van der Waals surface area contributed by atoms with Gasteiger partial charge in [-0.05, 0) is 72.9 Å². The average molecular weight is 515 g/mol. The Kier molecular flexibility index (Phi) is 11.5. The van der Waals surface area contributed by atoms with E-state index in [1.807, 2.05) is 12.1 Å². The predicted octanol–water partition coefficient (Wildman–Crippen LogP) is 6.94. The van der Waals surface area contributed by atoms with Gasteiger partial charge in [0, 0.05) is 11.4 Å². The van der Waals surface area contributed by atoms with E-state index in [1.54, 1.807) is 0 Å². The maximum Gasteiger partial charge on any atom is 0.0636 e. The first-order chi connectivity index (χ1) is 18.7. The molecule has 2 atom stereocenters. The van der Waals surface area contributed by atoms with Gasteiger partial charge < -0.3 is 20.8 Å². The zero-order valence-corrected chi connectivity index (χ0v) is 22.9. The first-order valence-corrected chi connectivity index (χ1v) is 14.7. The van der Waals surface area contributed by atoms with Crippen LogP contribution in [0.25, 0.3) is 0 Å². The topological polar surface area (TPSA) is 64.5 Å². The fourth-order valence-electron chi connectivity index (χ4n) is 5.62. The molecule has 0 heterocycles. The van der Waals surface area contributed by atoms with Gasteiger partial charge in [-0.15, -0.1) is 0 Å². The van der Waals surface area contributed by atoms with Crippen molar-refractivity contribution in [3.8, 4) is 0 Å². The zero-order chi connectivity index (χ0) is 26.4. The molecule has 2 aliphatic rings. The molecule has 2 aliphatic carbocycles. The molecule has 3 aromatic rings. The van der Waals surface area contributed by atoms with E-state index in [9.17, 15) is 10.2 Å². The van der Waals surface area contributed by atoms with Crippen LogP contribution in [0.5, 0.6) is 0 Å². The Morgan fingerprint density at radius 1 is 0.526 bits per heavy atom. The second-order valence-corrected chi connectivity index (χ2v) is 10.9. The number of fused-ring (bicyclic) bond motifs is 11. The normalized spacial score (nSPS) is 16.4. The Bertz CT molecular complexity index is 983. The lowest BCUT2D eigenvalue weighted by atomic mass is 9.95. The molecular weight excluding hydrogens is 468 g/mol. The monoisotopic (exact) mass is 514 g/mol. The van der Waals surface area contributed by atoms with E-state index in [0.717, 1.165) is 37.1 Å². The smallest absolute Gasteiger partial charge is 0.0636 e. The lowest BCUT2D eigenvalue weighted by Gasteiger charge is -2.25. The van der Waals surface area contributed by atoms with Crippen molar-refractivity contribution in [3.63, 3.8) is 0 Å². The molecule has 0 saturated heterocycles. The van der Waals surface area contributed by atoms with Crippen molar-refractivity contribution in [1.82, 2.24) is 0 Å². The number of aryl methyl sites for hydroxylation is 2. The van der Waals surface area contributed by atoms with E-state index in [4.69, 9.17) is 0 Å². The van der Waals surface area contributed by atoms with Crippen LogP contribution in [0.3, 0.4) is 0 Å². The summed E-state index contributed by atoms with van der Waals surface area (Å²) in [5.41, 5.74) is 7.37. The number of hydrogen-bond acceptors (Lipinski definition) is 4. The maximum absolute atomic E-state index is 10.2. The molecule has 0 spiro atoms. The zero-order valence-electron chi connectivity index (χ0n) is 22.9. The van der Waals surface area contributed by atoms with Gasteiger partial charge in [0.2, 0.25) is 0 Å². The Labute approximate surface area is 229 Å². The maximum atomic E-state index is 10.2. The first kappa shape index (κ1) is 28.2. The predicted molar refractivity (Wildman–Crippen MR) is 160 cm³/mol. The quantitative estimate of drug-likeness (QED) is 0.237. The third-order valence-electron chi connectivity index (χ3n) is 7.78. The summed E-state index contributed by atoms with van der Waals surface area (Å²) in [6.07, 6.45) is 13.8. The van der Waals surface area contributed by atoms with Gasteiger partial charge in [0.15, 0.2) is 0 Å². The van der Waals surface area contributed by atoms with Crippen molar-refractivity contribution >= 4 is 11.4 Å². The summed E-state index contributed by atoms with van der Waals surface area (Å²) in [5, 5.41) is 27.9. The van der Waals surface area contributed by atoms with Gasteiger partial charge in [-0.25, -0.2) is 0 Å². The highest BCUT2D eigenvalue weighted by Gasteiger charge is 2.17. The third-order valence-corrected chi connectivity index (χ3v) is 7.78. The molecule has 0 saturated carbocycles. The summed E-state index contributed by atoms with van der Waals surface area (Å²) in [4.78, 5) is 0. The van der Waals surface area contributed by atoms with Crippen LogP contribution in [0.4, 0.5) is 11.4 Å². The minimum atomic E-state index is -0.0371. The summed E-state index contributed by atoms with van der Waals surface area (Å²) in [7, 11) is 0. The van der Waals surface area contributed by atoms with E-state index >= 15 is 0 Å². The summed E-state index contributed by atoms with van der Waals surface area (Å²) < 4.78 is 0. The van der Waals surface area contributed by atoms with Gasteiger partial charge in [0.05, 0.1) is 25.3 Å². The van der Waals surface area contributed by atoms with Crippen molar-refractivity contribution in [2.45, 2.75) is 89.1 Å². The van der Waals surface area contributed by atoms with Crippen LogP contribution in [0, 0.1) is 0 Å². The molecule has 4 N–H and O–H groups in total. The van der Waals surface area contributed by atoms with Gasteiger partial charge in [0.25, 0.3) is 0 Å². The van der Waals surface area contributed by atoms with Crippen molar-refractivity contribution in [1.29, 1.82) is 0 Å². The number of aliphatic hydroxyl groups is 2. The number of aliphatic hydroxyl groups excluding tert-OH is 2. The molecule has 3 aromatic carbocycles. The molecule has 4 nitrogen and oxygen atoms in total. The molecule has 0 radical (unpaired) electrons. The Morgan fingerprint density at radius 2 is 0.895 bits per heavy atom. The first-order valence-electron chi connectivity index (χ1n) is 14.7. The molecule has 0 fully saturated rings. The van der Waals surface area contributed by atoms with Gasteiger partial charge in [-0.3, -0.25) is 0 Å². The van der Waals surface area contributed by atoms with Gasteiger partial charge in [-0.2, -0.15) is 0 Å². The van der Waals surface area contributed by atoms with Crippen LogP contribution in [-0.2, 0) is 25.7 Å². The lowest BCUT2D eigenvalue weighted by Crippen LogP contribution is -2.28. The molecule has 0 aliphatic heterocycles. The number of rotatable bonds is 10. The molecular formula is C34H46N2O2. The minimum absolute atomic E-state index is 0.0371. The van der Waals surface area contributed by atoms with Crippen molar-refractivity contribution < 1.29 is 10.2 Å². The van der Waals surface area contributed by atoms with Crippen molar-refractivity contribution in [2.24, 2.45) is 0 Å². The standard InChI is InChI=1S/C34H46N2O2/c37-25-31(21-27-15-9-7-10-16-27)35-33-24-30-20-14-6-4-2-1-3-5-13-19-29(33)23-34(30)36-32(26-38)22-28-17-11-8-12-18-28/h7-12,15-18,23-24,31-32,35-38H,1-6,13-14,19-22,25-26H2/t31-,32-/m0/s1. The van der Waals surface area contributed by atoms with E-state index in [2.05, 4.69) is 71.3 Å². The Morgan fingerprint density at radius 3 is 1.26 bits per heavy atom. The van der Waals surface area contributed by atoms with Crippen LogP contribution >= 0.6 is 0 Å². The second-order valence-electron chi connectivity index (χ2n) is 10.9. The molecule has 0 unspecified atom stereocenters. The summed E-state index contributed by atoms with van der Waals surface area (Å²) in [6, 6.07) is 25.4. The highest BCUT2D eigenvalue weighted by Crippen LogP contribution is 2.31. The van der Waals surface area contributed by atoms with Gasteiger partial charge >= 0.3 is 0 Å². The van der Waals surface area contributed by atoms with Crippen LogP contribution in [0.1, 0.15) is 73.6 Å². The van der Waals surface area contributed by atoms with E-state index in [0.29, 0.717) is 0 Å². The summed E-state index contributed by atoms with van der Waals surface area (Å²) in [6.45, 7) is 0.181. The lowest BCUT2D eigenvalue weighted by molar-refractivity contribution is 0.273. The number of anilines is 2. The van der Waals surface area contributed by atoms with Gasteiger partial charge in [-0.1, -0.05) is 99.2 Å². The summed E-state index contributed by atoms with van der Waals surface area (Å²) in [5.74, 6) is 0. The molecule has 2 bridgehead atoms. The molecule has 204 valence electrons. The molecule has 5 rings (SSSR count). The highest BCUT2D eigenvalue weighted by atomic mass is 16.3. The van der Waals surface area contributed by atoms with Gasteiger partial charge in [0.1, 0.15) is 0 Å². The van der Waals surface area contributed by atoms with Crippen LogP contribution in [-0.4, -0.2) is 35.5 Å². The highest BCUT2D eigenvalue weighted by molar-refractivity contribution is 5.65. The Hall–Kier alpha value is -2.82. The number of hydrogen-bond donors (Lipinski definition) is 4. The molecule has 4 heteroatoms. The fourth-order valence-corrected chi connectivity index (χ4v) is 5.62. The SMILES string of the molecule is OC[C@H](Cc1ccccc1)Nc1cc2c(N[C@H](CO)Cc3ccccc3)cc1CCCCCCCCCC2. The van der Waals surface area contributed by atoms with Crippen molar-refractivity contribution in [3.05, 3.63) is 95.1 Å². The number of nitrogens with one attached hydrogen (secondary N) is 2. The molecule has 38 heavy (non-hydrogen) atoms. The van der Waals surface area contributed by atoms with E-state index in [1.165, 1.54) is 73.6 Å². The van der Waals surface area contributed by atoms with Crippen LogP contribution < -0.4 is 10.6 Å². The van der Waals surface area contributed by atoms with E-state index < -0.39 is 0 Å². The van der Waals surface area contributed by atoms with Crippen LogP contribution in [0.15, 0.2) is 72.8 Å². The van der Waals surface area contributed by atoms with Crippen molar-refractivity contribution in [2.75, 3.05) is 23.8 Å². The third kappa shape index (κ3) is 8.89. The van der Waals surface area contributed by atoms with Crippen LogP contribution in [0.2, 0.25) is 0 Å². The summed E-state index contributed by atoms with van der Waals surface area (Å²) >= 11 is 0. The number of benzene rings is 3. The largest absolute Gasteiger partial charge is 0.394 e. The fraction of sp³-hybridized carbons (Fsp3) is 0.471.